The Morgan fingerprint density at radius 1 is 0.824 bits per heavy atom. The Labute approximate surface area is 115 Å². The third kappa shape index (κ3) is 3.06. The maximum Gasteiger partial charge on any atom is 0.120 e. The van der Waals surface area contributed by atoms with Gasteiger partial charge in [0.25, 0.3) is 0 Å². The summed E-state index contributed by atoms with van der Waals surface area (Å²) in [4.78, 5) is 0. The van der Waals surface area contributed by atoms with Crippen molar-refractivity contribution >= 4 is 34.8 Å². The molecule has 0 aromatic heterocycles. The van der Waals surface area contributed by atoms with E-state index in [1.165, 1.54) is 6.07 Å². The van der Waals surface area contributed by atoms with Crippen molar-refractivity contribution in [3.63, 3.8) is 0 Å². The molecule has 88 valence electrons. The smallest absolute Gasteiger partial charge is 0.120 e. The summed E-state index contributed by atoms with van der Waals surface area (Å²) < 4.78 is 0. The Balaban J connectivity index is 2.31. The molecule has 0 amide bonds. The summed E-state index contributed by atoms with van der Waals surface area (Å²) in [5.41, 5.74) is 1.69. The molecule has 0 radical (unpaired) electrons. The van der Waals surface area contributed by atoms with E-state index in [4.69, 9.17) is 34.8 Å². The first-order chi connectivity index (χ1) is 8.06. The van der Waals surface area contributed by atoms with Crippen LogP contribution in [0.2, 0.25) is 15.1 Å². The molecule has 17 heavy (non-hydrogen) atoms. The predicted molar refractivity (Wildman–Crippen MR) is 72.4 cm³/mol. The molecule has 0 aliphatic heterocycles. The molecule has 0 bridgehead atoms. The van der Waals surface area contributed by atoms with Crippen molar-refractivity contribution in [2.24, 2.45) is 0 Å². The summed E-state index contributed by atoms with van der Waals surface area (Å²) in [7, 11) is 0. The predicted octanol–water partition coefficient (Wildman–Crippen LogP) is 4.94. The fraction of sp³-hybridized carbons (Fsp3) is 0.0769. The van der Waals surface area contributed by atoms with Gasteiger partial charge in [-0.15, -0.1) is 0 Å². The molecular weight excluding hydrogens is 279 g/mol. The fourth-order valence-corrected chi connectivity index (χ4v) is 2.20. The molecule has 0 aliphatic carbocycles. The highest BCUT2D eigenvalue weighted by Gasteiger charge is 2.06. The van der Waals surface area contributed by atoms with Crippen molar-refractivity contribution in [1.29, 1.82) is 0 Å². The van der Waals surface area contributed by atoms with E-state index < -0.39 is 0 Å². The quantitative estimate of drug-likeness (QED) is 0.829. The second kappa shape index (κ2) is 5.18. The Morgan fingerprint density at radius 2 is 1.41 bits per heavy atom. The van der Waals surface area contributed by atoms with Crippen molar-refractivity contribution in [1.82, 2.24) is 0 Å². The van der Waals surface area contributed by atoms with Crippen LogP contribution in [-0.2, 0) is 6.42 Å². The first kappa shape index (κ1) is 12.6. The van der Waals surface area contributed by atoms with Gasteiger partial charge in [0.1, 0.15) is 5.75 Å². The van der Waals surface area contributed by atoms with Crippen molar-refractivity contribution in [2.45, 2.75) is 6.42 Å². The Bertz CT molecular complexity index is 503. The van der Waals surface area contributed by atoms with Crippen LogP contribution in [0.5, 0.6) is 5.75 Å². The summed E-state index contributed by atoms with van der Waals surface area (Å²) in [6.45, 7) is 0. The molecule has 2 aromatic rings. The Hall–Kier alpha value is -0.890. The number of phenolic OH excluding ortho intramolecular Hbond substituents is 1. The van der Waals surface area contributed by atoms with Crippen LogP contribution in [0, 0.1) is 0 Å². The second-order valence-electron chi connectivity index (χ2n) is 3.69. The van der Waals surface area contributed by atoms with E-state index in [0.717, 1.165) is 11.1 Å². The van der Waals surface area contributed by atoms with Gasteiger partial charge < -0.3 is 5.11 Å². The van der Waals surface area contributed by atoms with Crippen molar-refractivity contribution in [2.75, 3.05) is 0 Å². The second-order valence-corrected chi connectivity index (χ2v) is 4.97. The van der Waals surface area contributed by atoms with Crippen LogP contribution in [0.3, 0.4) is 0 Å². The van der Waals surface area contributed by atoms with Crippen molar-refractivity contribution in [3.05, 3.63) is 62.6 Å². The third-order valence-corrected chi connectivity index (χ3v) is 3.27. The topological polar surface area (TPSA) is 20.2 Å². The molecule has 0 spiro atoms. The number of benzene rings is 2. The van der Waals surface area contributed by atoms with Crippen molar-refractivity contribution < 1.29 is 5.11 Å². The van der Waals surface area contributed by atoms with Crippen LogP contribution in [0.15, 0.2) is 36.4 Å². The first-order valence-corrected chi connectivity index (χ1v) is 6.11. The van der Waals surface area contributed by atoms with Gasteiger partial charge >= 0.3 is 0 Å². The maximum absolute atomic E-state index is 9.74. The standard InChI is InChI=1S/C13H9Cl3O/c14-10-3-1-8(12(16)6-10)5-9-2-4-11(15)7-13(9)17/h1-4,6-7,17H,5H2. The zero-order valence-electron chi connectivity index (χ0n) is 8.75. The number of aromatic hydroxyl groups is 1. The molecule has 0 fully saturated rings. The first-order valence-electron chi connectivity index (χ1n) is 4.97. The molecule has 0 aliphatic rings. The SMILES string of the molecule is Oc1cc(Cl)ccc1Cc1ccc(Cl)cc1Cl. The minimum atomic E-state index is 0.170. The van der Waals surface area contributed by atoms with Gasteiger partial charge in [-0.25, -0.2) is 0 Å². The summed E-state index contributed by atoms with van der Waals surface area (Å²) in [5, 5.41) is 11.4. The highest BCUT2D eigenvalue weighted by Crippen LogP contribution is 2.28. The van der Waals surface area contributed by atoms with Gasteiger partial charge in [-0.3, -0.25) is 0 Å². The third-order valence-electron chi connectivity index (χ3n) is 2.44. The normalized spacial score (nSPS) is 10.5. The Morgan fingerprint density at radius 3 is 2.00 bits per heavy atom. The summed E-state index contributed by atoms with van der Waals surface area (Å²) in [5.74, 6) is 0.170. The van der Waals surface area contributed by atoms with Crippen molar-refractivity contribution in [3.8, 4) is 5.75 Å². The summed E-state index contributed by atoms with van der Waals surface area (Å²) in [6, 6.07) is 10.3. The number of hydrogen-bond donors (Lipinski definition) is 1. The molecule has 0 atom stereocenters. The average Bonchev–Trinajstić information content (AvgIpc) is 2.25. The lowest BCUT2D eigenvalue weighted by Crippen LogP contribution is -1.90. The Kier molecular flexibility index (Phi) is 3.82. The van der Waals surface area contributed by atoms with E-state index in [0.29, 0.717) is 21.5 Å². The molecule has 0 saturated heterocycles. The van der Waals surface area contributed by atoms with Crippen LogP contribution in [0.25, 0.3) is 0 Å². The zero-order valence-corrected chi connectivity index (χ0v) is 11.0. The van der Waals surface area contributed by atoms with E-state index in [2.05, 4.69) is 0 Å². The average molecular weight is 288 g/mol. The number of phenols is 1. The van der Waals surface area contributed by atoms with Crippen LogP contribution in [0.4, 0.5) is 0 Å². The monoisotopic (exact) mass is 286 g/mol. The molecule has 1 N–H and O–H groups in total. The zero-order chi connectivity index (χ0) is 12.4. The molecule has 4 heteroatoms. The van der Waals surface area contributed by atoms with Gasteiger partial charge in [-0.2, -0.15) is 0 Å². The van der Waals surface area contributed by atoms with Gasteiger partial charge in [0.2, 0.25) is 0 Å². The van der Waals surface area contributed by atoms with Crippen LogP contribution < -0.4 is 0 Å². The van der Waals surface area contributed by atoms with Crippen LogP contribution in [0.1, 0.15) is 11.1 Å². The van der Waals surface area contributed by atoms with E-state index >= 15 is 0 Å². The largest absolute Gasteiger partial charge is 0.508 e. The summed E-state index contributed by atoms with van der Waals surface area (Å²) >= 11 is 17.7. The maximum atomic E-state index is 9.74. The molecule has 0 heterocycles. The molecular formula is C13H9Cl3O. The van der Waals surface area contributed by atoms with E-state index in [-0.39, 0.29) is 5.75 Å². The van der Waals surface area contributed by atoms with E-state index in [1.54, 1.807) is 24.3 Å². The lowest BCUT2D eigenvalue weighted by atomic mass is 10.0. The van der Waals surface area contributed by atoms with Gasteiger partial charge in [-0.1, -0.05) is 46.9 Å². The van der Waals surface area contributed by atoms with Gasteiger partial charge in [-0.05, 0) is 35.4 Å². The number of halogens is 3. The molecule has 0 saturated carbocycles. The highest BCUT2D eigenvalue weighted by molar-refractivity contribution is 6.35. The number of rotatable bonds is 2. The minimum Gasteiger partial charge on any atom is -0.508 e. The molecule has 2 rings (SSSR count). The van der Waals surface area contributed by atoms with Crippen LogP contribution >= 0.6 is 34.8 Å². The van der Waals surface area contributed by atoms with Gasteiger partial charge in [0.05, 0.1) is 0 Å². The molecule has 0 unspecified atom stereocenters. The number of hydrogen-bond acceptors (Lipinski definition) is 1. The van der Waals surface area contributed by atoms with Crippen LogP contribution in [-0.4, -0.2) is 5.11 Å². The summed E-state index contributed by atoms with van der Waals surface area (Å²) in [6.07, 6.45) is 0.541. The van der Waals surface area contributed by atoms with E-state index in [1.807, 2.05) is 6.07 Å². The minimum absolute atomic E-state index is 0.170. The fourth-order valence-electron chi connectivity index (χ4n) is 1.56. The lowest BCUT2D eigenvalue weighted by molar-refractivity contribution is 0.469. The molecule has 1 nitrogen and oxygen atoms in total. The van der Waals surface area contributed by atoms with Gasteiger partial charge in [0.15, 0.2) is 0 Å². The van der Waals surface area contributed by atoms with E-state index in [9.17, 15) is 5.11 Å². The highest BCUT2D eigenvalue weighted by atomic mass is 35.5. The van der Waals surface area contributed by atoms with Gasteiger partial charge in [0, 0.05) is 21.5 Å². The molecule has 2 aromatic carbocycles. The lowest BCUT2D eigenvalue weighted by Gasteiger charge is -2.07.